The summed E-state index contributed by atoms with van der Waals surface area (Å²) in [5, 5.41) is 10.9. The maximum Gasteiger partial charge on any atom is 0.239 e. The van der Waals surface area contributed by atoms with Crippen molar-refractivity contribution in [1.82, 2.24) is 0 Å². The summed E-state index contributed by atoms with van der Waals surface area (Å²) in [5.41, 5.74) is 0.552. The molecule has 0 atom stereocenters. The topological polar surface area (TPSA) is 115 Å². The lowest BCUT2D eigenvalue weighted by Crippen LogP contribution is -2.10. The number of ether oxygens (including phenoxy) is 7. The van der Waals surface area contributed by atoms with Crippen molar-refractivity contribution in [3.8, 4) is 51.6 Å². The Kier molecular flexibility index (Phi) is 8.12. The van der Waals surface area contributed by atoms with E-state index in [1.807, 2.05) is 30.3 Å². The van der Waals surface area contributed by atoms with Gasteiger partial charge in [0.1, 0.15) is 12.0 Å². The first-order valence-electron chi connectivity index (χ1n) is 11.5. The molecule has 0 amide bonds. The lowest BCUT2D eigenvalue weighted by Gasteiger charge is -2.19. The van der Waals surface area contributed by atoms with E-state index < -0.39 is 11.2 Å². The molecule has 1 heterocycles. The summed E-state index contributed by atoms with van der Waals surface area (Å²) >= 11 is 0. The predicted octanol–water partition coefficient (Wildman–Crippen LogP) is 4.76. The molecule has 0 saturated carbocycles. The van der Waals surface area contributed by atoms with Crippen molar-refractivity contribution in [1.29, 1.82) is 0 Å². The predicted molar refractivity (Wildman–Crippen MR) is 139 cm³/mol. The first-order valence-corrected chi connectivity index (χ1v) is 11.5. The van der Waals surface area contributed by atoms with Crippen molar-refractivity contribution < 1.29 is 42.7 Å². The highest BCUT2D eigenvalue weighted by atomic mass is 16.7. The van der Waals surface area contributed by atoms with Crippen LogP contribution in [0.1, 0.15) is 5.56 Å². The SMILES string of the molecule is COCOc1c(OC)c(OC)c2oc(-c3ccc(OC)c(OCc4ccccc4)c3)c(O)c(=O)c2c1OC. The fourth-order valence-corrected chi connectivity index (χ4v) is 3.99. The van der Waals surface area contributed by atoms with Gasteiger partial charge in [-0.3, -0.25) is 4.79 Å². The summed E-state index contributed by atoms with van der Waals surface area (Å²) in [6.07, 6.45) is 0. The van der Waals surface area contributed by atoms with Crippen molar-refractivity contribution in [3.05, 3.63) is 64.3 Å². The smallest absolute Gasteiger partial charge is 0.239 e. The molecule has 1 aromatic heterocycles. The number of fused-ring (bicyclic) bond motifs is 1. The molecule has 0 fully saturated rings. The van der Waals surface area contributed by atoms with E-state index in [1.54, 1.807) is 18.2 Å². The minimum atomic E-state index is -0.760. The normalized spacial score (nSPS) is 10.8. The van der Waals surface area contributed by atoms with Crippen LogP contribution in [0.25, 0.3) is 22.3 Å². The van der Waals surface area contributed by atoms with Gasteiger partial charge in [-0.1, -0.05) is 30.3 Å². The average Bonchev–Trinajstić information content (AvgIpc) is 2.96. The molecule has 0 aliphatic heterocycles. The Morgan fingerprint density at radius 3 is 2.11 bits per heavy atom. The Hall–Kier alpha value is -4.57. The van der Waals surface area contributed by atoms with Crippen LogP contribution in [0.3, 0.4) is 0 Å². The Labute approximate surface area is 218 Å². The summed E-state index contributed by atoms with van der Waals surface area (Å²) in [4.78, 5) is 13.5. The molecule has 200 valence electrons. The highest BCUT2D eigenvalue weighted by molar-refractivity contribution is 5.96. The fraction of sp³-hybridized carbons (Fsp3) is 0.250. The number of aromatic hydroxyl groups is 1. The zero-order valence-electron chi connectivity index (χ0n) is 21.7. The summed E-state index contributed by atoms with van der Waals surface area (Å²) < 4.78 is 44.7. The molecule has 0 radical (unpaired) electrons. The Morgan fingerprint density at radius 1 is 0.763 bits per heavy atom. The van der Waals surface area contributed by atoms with Gasteiger partial charge >= 0.3 is 0 Å². The van der Waals surface area contributed by atoms with Crippen LogP contribution in [-0.4, -0.2) is 47.4 Å². The van der Waals surface area contributed by atoms with E-state index in [9.17, 15) is 9.90 Å². The molecule has 1 N–H and O–H groups in total. The number of rotatable bonds is 11. The molecule has 38 heavy (non-hydrogen) atoms. The lowest BCUT2D eigenvalue weighted by atomic mass is 10.1. The van der Waals surface area contributed by atoms with Crippen molar-refractivity contribution in [2.24, 2.45) is 0 Å². The first-order chi connectivity index (χ1) is 18.5. The van der Waals surface area contributed by atoms with E-state index in [-0.39, 0.29) is 53.1 Å². The highest BCUT2D eigenvalue weighted by Gasteiger charge is 2.30. The van der Waals surface area contributed by atoms with Crippen LogP contribution in [0.2, 0.25) is 0 Å². The molecule has 3 aromatic carbocycles. The van der Waals surface area contributed by atoms with Gasteiger partial charge in [-0.25, -0.2) is 0 Å². The summed E-state index contributed by atoms with van der Waals surface area (Å²) in [6.45, 7) is 0.120. The molecule has 0 aliphatic rings. The quantitative estimate of drug-likeness (QED) is 0.275. The average molecular weight is 525 g/mol. The zero-order chi connectivity index (χ0) is 27.2. The van der Waals surface area contributed by atoms with E-state index in [1.165, 1.54) is 35.5 Å². The molecule has 0 saturated heterocycles. The van der Waals surface area contributed by atoms with E-state index in [0.29, 0.717) is 17.1 Å². The van der Waals surface area contributed by atoms with E-state index in [4.69, 9.17) is 37.6 Å². The highest BCUT2D eigenvalue weighted by Crippen LogP contribution is 2.51. The lowest BCUT2D eigenvalue weighted by molar-refractivity contribution is 0.0470. The minimum Gasteiger partial charge on any atom is -0.502 e. The molecule has 4 aromatic rings. The van der Waals surface area contributed by atoms with Crippen LogP contribution >= 0.6 is 0 Å². The van der Waals surface area contributed by atoms with Crippen molar-refractivity contribution in [2.75, 3.05) is 42.3 Å². The second-order valence-electron chi connectivity index (χ2n) is 7.93. The van der Waals surface area contributed by atoms with Gasteiger partial charge < -0.3 is 42.7 Å². The molecule has 0 bridgehead atoms. The van der Waals surface area contributed by atoms with Gasteiger partial charge in [-0.2, -0.15) is 0 Å². The second kappa shape index (κ2) is 11.7. The van der Waals surface area contributed by atoms with Gasteiger partial charge in [-0.15, -0.1) is 0 Å². The summed E-state index contributed by atoms with van der Waals surface area (Å²) in [7, 11) is 7.10. The third-order valence-electron chi connectivity index (χ3n) is 5.74. The van der Waals surface area contributed by atoms with Crippen molar-refractivity contribution >= 4 is 11.0 Å². The first kappa shape index (κ1) is 26.5. The van der Waals surface area contributed by atoms with Gasteiger partial charge in [0, 0.05) is 12.7 Å². The van der Waals surface area contributed by atoms with Crippen molar-refractivity contribution in [3.63, 3.8) is 0 Å². The molecule has 10 heteroatoms. The Balaban J connectivity index is 1.91. The monoisotopic (exact) mass is 524 g/mol. The van der Waals surface area contributed by atoms with E-state index in [2.05, 4.69) is 0 Å². The second-order valence-corrected chi connectivity index (χ2v) is 7.93. The van der Waals surface area contributed by atoms with Crippen molar-refractivity contribution in [2.45, 2.75) is 6.61 Å². The summed E-state index contributed by atoms with van der Waals surface area (Å²) in [6, 6.07) is 14.5. The molecule has 0 aliphatic carbocycles. The third kappa shape index (κ3) is 4.85. The number of hydrogen-bond acceptors (Lipinski definition) is 10. The number of hydrogen-bond donors (Lipinski definition) is 1. The van der Waals surface area contributed by atoms with Crippen LogP contribution in [0.15, 0.2) is 57.7 Å². The van der Waals surface area contributed by atoms with Gasteiger partial charge in [0.2, 0.25) is 28.4 Å². The maximum absolute atomic E-state index is 13.5. The largest absolute Gasteiger partial charge is 0.502 e. The van der Waals surface area contributed by atoms with E-state index >= 15 is 0 Å². The van der Waals surface area contributed by atoms with Crippen LogP contribution < -0.4 is 33.8 Å². The Morgan fingerprint density at radius 2 is 1.47 bits per heavy atom. The third-order valence-corrected chi connectivity index (χ3v) is 5.74. The molecule has 10 nitrogen and oxygen atoms in total. The van der Waals surface area contributed by atoms with Gasteiger partial charge in [-0.05, 0) is 23.8 Å². The van der Waals surface area contributed by atoms with Gasteiger partial charge in [0.25, 0.3) is 0 Å². The summed E-state index contributed by atoms with van der Waals surface area (Å²) in [5.74, 6) is 0.350. The van der Waals surface area contributed by atoms with Crippen LogP contribution in [0.4, 0.5) is 0 Å². The standard InChI is InChI=1S/C28H28O10/c1-31-15-37-28-24(33-3)20-21(29)22(30)23(38-25(20)26(34-4)27(28)35-5)17-11-12-18(32-2)19(13-17)36-14-16-9-7-6-8-10-16/h6-13,30H,14-15H2,1-5H3. The van der Waals surface area contributed by atoms with Gasteiger partial charge in [0.15, 0.2) is 35.4 Å². The number of benzene rings is 3. The van der Waals surface area contributed by atoms with Crippen LogP contribution in [0, 0.1) is 0 Å². The molecule has 0 spiro atoms. The molecule has 0 unspecified atom stereocenters. The van der Waals surface area contributed by atoms with Crippen LogP contribution in [-0.2, 0) is 11.3 Å². The molecular formula is C28H28O10. The Bertz CT molecular complexity index is 1480. The number of methoxy groups -OCH3 is 5. The molecular weight excluding hydrogens is 496 g/mol. The van der Waals surface area contributed by atoms with Gasteiger partial charge in [0.05, 0.1) is 28.4 Å². The minimum absolute atomic E-state index is 0.00749. The van der Waals surface area contributed by atoms with E-state index in [0.717, 1.165) is 5.56 Å². The maximum atomic E-state index is 13.5. The van der Waals surface area contributed by atoms with Crippen LogP contribution in [0.5, 0.6) is 40.2 Å². The zero-order valence-corrected chi connectivity index (χ0v) is 21.7. The molecule has 4 rings (SSSR count). The fourth-order valence-electron chi connectivity index (χ4n) is 3.99.